The van der Waals surface area contributed by atoms with Crippen molar-refractivity contribution in [3.05, 3.63) is 34.9 Å². The van der Waals surface area contributed by atoms with Crippen LogP contribution in [0.5, 0.6) is 0 Å². The van der Waals surface area contributed by atoms with Crippen molar-refractivity contribution in [3.63, 3.8) is 0 Å². The zero-order chi connectivity index (χ0) is 11.3. The van der Waals surface area contributed by atoms with E-state index < -0.39 is 6.09 Å². The number of methoxy groups -OCH3 is 1. The minimum atomic E-state index is -0.573. The van der Waals surface area contributed by atoms with E-state index in [1.54, 1.807) is 6.21 Å². The molecule has 0 saturated carbocycles. The van der Waals surface area contributed by atoms with Gasteiger partial charge in [0.05, 0.1) is 13.3 Å². The van der Waals surface area contributed by atoms with Crippen LogP contribution < -0.4 is 5.43 Å². The standard InChI is InChI=1S/C11H14N2O2/c1-8-4-5-10(9(2)6-8)7-12-13-11(14)15-3/h4-7H,1-3H3,(H,13,14). The van der Waals surface area contributed by atoms with E-state index in [1.807, 2.05) is 26.0 Å². The quantitative estimate of drug-likeness (QED) is 0.594. The van der Waals surface area contributed by atoms with Crippen molar-refractivity contribution in [2.24, 2.45) is 5.10 Å². The first-order valence-corrected chi connectivity index (χ1v) is 4.58. The minimum absolute atomic E-state index is 0.573. The lowest BCUT2D eigenvalue weighted by atomic mass is 10.1. The Bertz CT molecular complexity index is 386. The van der Waals surface area contributed by atoms with Crippen LogP contribution in [0, 0.1) is 13.8 Å². The van der Waals surface area contributed by atoms with Gasteiger partial charge < -0.3 is 4.74 Å². The summed E-state index contributed by atoms with van der Waals surface area (Å²) in [5, 5.41) is 3.75. The third kappa shape index (κ3) is 3.42. The van der Waals surface area contributed by atoms with E-state index in [4.69, 9.17) is 0 Å². The van der Waals surface area contributed by atoms with Crippen LogP contribution in [0.3, 0.4) is 0 Å². The summed E-state index contributed by atoms with van der Waals surface area (Å²) in [7, 11) is 1.29. The molecule has 0 aromatic heterocycles. The highest BCUT2D eigenvalue weighted by molar-refractivity contribution is 5.82. The van der Waals surface area contributed by atoms with Gasteiger partial charge in [-0.2, -0.15) is 5.10 Å². The zero-order valence-corrected chi connectivity index (χ0v) is 9.07. The van der Waals surface area contributed by atoms with E-state index in [1.165, 1.54) is 12.7 Å². The Kier molecular flexibility index (Phi) is 3.85. The smallest absolute Gasteiger partial charge is 0.427 e. The maximum absolute atomic E-state index is 10.7. The summed E-state index contributed by atoms with van der Waals surface area (Å²) in [6.07, 6.45) is 1.02. The van der Waals surface area contributed by atoms with Gasteiger partial charge in [-0.05, 0) is 25.0 Å². The Hall–Kier alpha value is -1.84. The number of hydrogen-bond acceptors (Lipinski definition) is 3. The molecule has 0 bridgehead atoms. The number of carbonyl (C=O) groups excluding carboxylic acids is 1. The molecule has 1 rings (SSSR count). The monoisotopic (exact) mass is 206 g/mol. The van der Waals surface area contributed by atoms with Crippen molar-refractivity contribution in [2.45, 2.75) is 13.8 Å². The number of nitrogens with zero attached hydrogens (tertiary/aromatic N) is 1. The summed E-state index contributed by atoms with van der Waals surface area (Å²) in [4.78, 5) is 10.7. The van der Waals surface area contributed by atoms with Crippen LogP contribution in [0.4, 0.5) is 4.79 Å². The van der Waals surface area contributed by atoms with Gasteiger partial charge in [0.1, 0.15) is 0 Å². The van der Waals surface area contributed by atoms with E-state index in [0.717, 1.165) is 11.1 Å². The van der Waals surface area contributed by atoms with Gasteiger partial charge >= 0.3 is 6.09 Å². The third-order valence-electron chi connectivity index (χ3n) is 1.97. The van der Waals surface area contributed by atoms with Crippen LogP contribution in [-0.4, -0.2) is 19.4 Å². The van der Waals surface area contributed by atoms with Gasteiger partial charge in [0.15, 0.2) is 0 Å². The van der Waals surface area contributed by atoms with E-state index >= 15 is 0 Å². The van der Waals surface area contributed by atoms with E-state index in [2.05, 4.69) is 21.3 Å². The van der Waals surface area contributed by atoms with Crippen LogP contribution >= 0.6 is 0 Å². The molecular formula is C11H14N2O2. The lowest BCUT2D eigenvalue weighted by molar-refractivity contribution is 0.171. The molecule has 0 unspecified atom stereocenters. The molecule has 4 nitrogen and oxygen atoms in total. The first-order valence-electron chi connectivity index (χ1n) is 4.58. The average Bonchev–Trinajstić information content (AvgIpc) is 2.21. The van der Waals surface area contributed by atoms with Gasteiger partial charge in [0.25, 0.3) is 0 Å². The van der Waals surface area contributed by atoms with Crippen LogP contribution in [0.15, 0.2) is 23.3 Å². The van der Waals surface area contributed by atoms with Gasteiger partial charge in [0.2, 0.25) is 0 Å². The maximum atomic E-state index is 10.7. The second-order valence-corrected chi connectivity index (χ2v) is 3.22. The summed E-state index contributed by atoms with van der Waals surface area (Å²) < 4.78 is 4.37. The molecule has 1 aromatic rings. The number of hydrogen-bond donors (Lipinski definition) is 1. The SMILES string of the molecule is COC(=O)NN=Cc1ccc(C)cc1C. The fraction of sp³-hybridized carbons (Fsp3) is 0.273. The first kappa shape index (κ1) is 11.2. The molecule has 80 valence electrons. The van der Waals surface area contributed by atoms with Crippen molar-refractivity contribution < 1.29 is 9.53 Å². The zero-order valence-electron chi connectivity index (χ0n) is 9.07. The van der Waals surface area contributed by atoms with Gasteiger partial charge in [-0.1, -0.05) is 23.8 Å². The summed E-state index contributed by atoms with van der Waals surface area (Å²) in [5.41, 5.74) is 5.52. The molecule has 1 amide bonds. The molecule has 0 fully saturated rings. The molecule has 0 aliphatic rings. The number of amides is 1. The van der Waals surface area contributed by atoms with Crippen LogP contribution in [0.25, 0.3) is 0 Å². The van der Waals surface area contributed by atoms with Crippen molar-refractivity contribution in [1.82, 2.24) is 5.43 Å². The average molecular weight is 206 g/mol. The Labute approximate surface area is 88.9 Å². The number of benzene rings is 1. The molecule has 1 aromatic carbocycles. The molecule has 0 aliphatic heterocycles. The number of aryl methyl sites for hydroxylation is 2. The number of rotatable bonds is 2. The number of carbonyl (C=O) groups is 1. The fourth-order valence-electron chi connectivity index (χ4n) is 1.17. The Balaban J connectivity index is 2.68. The van der Waals surface area contributed by atoms with Crippen molar-refractivity contribution >= 4 is 12.3 Å². The van der Waals surface area contributed by atoms with Crippen molar-refractivity contribution in [2.75, 3.05) is 7.11 Å². The Morgan fingerprint density at radius 3 is 2.80 bits per heavy atom. The normalized spacial score (nSPS) is 10.3. The molecule has 4 heteroatoms. The second kappa shape index (κ2) is 5.14. The highest BCUT2D eigenvalue weighted by Gasteiger charge is 1.96. The van der Waals surface area contributed by atoms with E-state index in [9.17, 15) is 4.79 Å². The molecule has 0 radical (unpaired) electrons. The maximum Gasteiger partial charge on any atom is 0.427 e. The molecule has 0 atom stereocenters. The number of nitrogens with one attached hydrogen (secondary N) is 1. The predicted octanol–water partition coefficient (Wildman–Crippen LogP) is 1.99. The molecule has 0 saturated heterocycles. The van der Waals surface area contributed by atoms with Crippen molar-refractivity contribution in [3.8, 4) is 0 Å². The number of hydrazone groups is 1. The predicted molar refractivity (Wildman–Crippen MR) is 59.1 cm³/mol. The molecule has 15 heavy (non-hydrogen) atoms. The molecular weight excluding hydrogens is 192 g/mol. The van der Waals surface area contributed by atoms with Gasteiger partial charge in [0, 0.05) is 0 Å². The first-order chi connectivity index (χ1) is 7.13. The fourth-order valence-corrected chi connectivity index (χ4v) is 1.17. The van der Waals surface area contributed by atoms with Gasteiger partial charge in [-0.3, -0.25) is 0 Å². The van der Waals surface area contributed by atoms with Crippen molar-refractivity contribution in [1.29, 1.82) is 0 Å². The van der Waals surface area contributed by atoms with Gasteiger partial charge in [-0.25, -0.2) is 10.2 Å². The third-order valence-corrected chi connectivity index (χ3v) is 1.97. The van der Waals surface area contributed by atoms with Crippen LogP contribution in [-0.2, 0) is 4.74 Å². The number of ether oxygens (including phenoxy) is 1. The lowest BCUT2D eigenvalue weighted by Gasteiger charge is -2.01. The largest absolute Gasteiger partial charge is 0.452 e. The summed E-state index contributed by atoms with van der Waals surface area (Å²) >= 11 is 0. The molecule has 0 aliphatic carbocycles. The highest BCUT2D eigenvalue weighted by atomic mass is 16.5. The van der Waals surface area contributed by atoms with Crippen LogP contribution in [0.2, 0.25) is 0 Å². The van der Waals surface area contributed by atoms with E-state index in [-0.39, 0.29) is 0 Å². The lowest BCUT2D eigenvalue weighted by Crippen LogP contribution is -2.16. The van der Waals surface area contributed by atoms with Gasteiger partial charge in [-0.15, -0.1) is 0 Å². The Morgan fingerprint density at radius 1 is 1.47 bits per heavy atom. The second-order valence-electron chi connectivity index (χ2n) is 3.22. The summed E-state index contributed by atoms with van der Waals surface area (Å²) in [6, 6.07) is 6.00. The minimum Gasteiger partial charge on any atom is -0.452 e. The molecule has 0 heterocycles. The topological polar surface area (TPSA) is 50.7 Å². The summed E-state index contributed by atoms with van der Waals surface area (Å²) in [5.74, 6) is 0. The van der Waals surface area contributed by atoms with E-state index in [0.29, 0.717) is 0 Å². The highest BCUT2D eigenvalue weighted by Crippen LogP contribution is 2.07. The molecule has 1 N–H and O–H groups in total. The summed E-state index contributed by atoms with van der Waals surface area (Å²) in [6.45, 7) is 4.02. The molecule has 0 spiro atoms. The Morgan fingerprint density at radius 2 is 2.20 bits per heavy atom. The van der Waals surface area contributed by atoms with Crippen LogP contribution in [0.1, 0.15) is 16.7 Å².